The number of aliphatic hydroxyl groups excluding tert-OH is 2. The maximum Gasteiger partial charge on any atom is 0.258 e. The number of amides is 1. The number of rotatable bonds is 8. The fraction of sp³-hybridized carbons (Fsp3) is 0.333. The van der Waals surface area contributed by atoms with Crippen molar-refractivity contribution < 1.29 is 24.3 Å². The van der Waals surface area contributed by atoms with E-state index in [1.807, 2.05) is 32.9 Å². The first-order chi connectivity index (χ1) is 14.6. The Kier molecular flexibility index (Phi) is 6.89. The van der Waals surface area contributed by atoms with Crippen molar-refractivity contribution in [2.24, 2.45) is 5.73 Å². The molecule has 1 aromatic carbocycles. The number of carbonyl (C=O) groups excluding carboxylic acids is 1. The van der Waals surface area contributed by atoms with Gasteiger partial charge in [-0.05, 0) is 56.2 Å². The number of aliphatic hydroxyl groups is 2. The van der Waals surface area contributed by atoms with Crippen molar-refractivity contribution in [1.82, 2.24) is 15.1 Å². The topological polar surface area (TPSA) is 145 Å². The Morgan fingerprint density at radius 3 is 2.42 bits per heavy atom. The minimum Gasteiger partial charge on any atom is -0.490 e. The Balaban J connectivity index is 1.76. The van der Waals surface area contributed by atoms with E-state index < -0.39 is 18.1 Å². The van der Waals surface area contributed by atoms with E-state index in [0.717, 1.165) is 22.4 Å². The van der Waals surface area contributed by atoms with Gasteiger partial charge in [-0.15, -0.1) is 0 Å². The molecule has 0 aliphatic heterocycles. The van der Waals surface area contributed by atoms with Gasteiger partial charge in [-0.1, -0.05) is 16.8 Å². The summed E-state index contributed by atoms with van der Waals surface area (Å²) < 4.78 is 11.1. The van der Waals surface area contributed by atoms with Gasteiger partial charge >= 0.3 is 0 Å². The third kappa shape index (κ3) is 5.57. The van der Waals surface area contributed by atoms with E-state index in [0.29, 0.717) is 28.2 Å². The Bertz CT molecular complexity index is 1060. The summed E-state index contributed by atoms with van der Waals surface area (Å²) in [6.07, 6.45) is -2.67. The Labute approximate surface area is 183 Å². The average Bonchev–Trinajstić information content (AvgIpc) is 3.16. The Morgan fingerprint density at radius 2 is 1.81 bits per heavy atom. The molecule has 3 aromatic rings. The Morgan fingerprint density at radius 1 is 1.13 bits per heavy atom. The van der Waals surface area contributed by atoms with E-state index in [9.17, 15) is 15.0 Å². The maximum absolute atomic E-state index is 10.9. The summed E-state index contributed by atoms with van der Waals surface area (Å²) in [7, 11) is 0. The number of carbonyl (C=O) groups is 1. The molecule has 1 amide bonds. The van der Waals surface area contributed by atoms with Gasteiger partial charge in [0.15, 0.2) is 0 Å². The van der Waals surface area contributed by atoms with E-state index in [1.54, 1.807) is 12.1 Å². The zero-order valence-electron chi connectivity index (χ0n) is 17.3. The van der Waals surface area contributed by atoms with Crippen molar-refractivity contribution in [3.8, 4) is 28.6 Å². The molecule has 2 heterocycles. The minimum atomic E-state index is -1.42. The smallest absolute Gasteiger partial charge is 0.258 e. The third-order valence-electron chi connectivity index (χ3n) is 4.56. The van der Waals surface area contributed by atoms with Gasteiger partial charge in [0.1, 0.15) is 23.6 Å². The molecule has 0 spiro atoms. The summed E-state index contributed by atoms with van der Waals surface area (Å²) >= 11 is 6.01. The third-order valence-corrected chi connectivity index (χ3v) is 4.75. The first kappa shape index (κ1) is 22.7. The summed E-state index contributed by atoms with van der Waals surface area (Å²) in [4.78, 5) is 19.5. The maximum atomic E-state index is 10.9. The van der Waals surface area contributed by atoms with Crippen LogP contribution in [0.4, 0.5) is 0 Å². The molecule has 3 rings (SSSR count). The number of aromatic nitrogens is 3. The van der Waals surface area contributed by atoms with Crippen LogP contribution >= 0.6 is 11.6 Å². The zero-order valence-corrected chi connectivity index (χ0v) is 18.1. The summed E-state index contributed by atoms with van der Waals surface area (Å²) in [5.41, 5.74) is 8.74. The second kappa shape index (κ2) is 9.42. The van der Waals surface area contributed by atoms with Gasteiger partial charge in [0.05, 0.1) is 6.10 Å². The molecule has 4 N–H and O–H groups in total. The van der Waals surface area contributed by atoms with Gasteiger partial charge in [-0.2, -0.15) is 4.98 Å². The molecule has 0 saturated carbocycles. The highest BCUT2D eigenvalue weighted by Gasteiger charge is 2.19. The number of ether oxygens (including phenoxy) is 1. The Hall–Kier alpha value is -3.01. The number of hydrogen-bond acceptors (Lipinski definition) is 8. The zero-order chi connectivity index (χ0) is 22.7. The van der Waals surface area contributed by atoms with E-state index in [4.69, 9.17) is 26.6 Å². The minimum absolute atomic E-state index is 0.0973. The van der Waals surface area contributed by atoms with Crippen LogP contribution in [0.2, 0.25) is 5.15 Å². The fourth-order valence-corrected chi connectivity index (χ4v) is 3.39. The average molecular weight is 447 g/mol. The van der Waals surface area contributed by atoms with Crippen LogP contribution in [0.3, 0.4) is 0 Å². The molecule has 2 aromatic heterocycles. The lowest BCUT2D eigenvalue weighted by Gasteiger charge is -2.17. The first-order valence-electron chi connectivity index (χ1n) is 9.52. The van der Waals surface area contributed by atoms with Crippen molar-refractivity contribution in [1.29, 1.82) is 0 Å². The summed E-state index contributed by atoms with van der Waals surface area (Å²) in [6, 6.07) is 7.13. The van der Waals surface area contributed by atoms with Gasteiger partial charge in [-0.25, -0.2) is 4.98 Å². The van der Waals surface area contributed by atoms with Crippen molar-refractivity contribution in [2.45, 2.75) is 39.4 Å². The number of halogens is 1. The highest BCUT2D eigenvalue weighted by Crippen LogP contribution is 2.30. The van der Waals surface area contributed by atoms with Crippen LogP contribution < -0.4 is 10.5 Å². The lowest BCUT2D eigenvalue weighted by Crippen LogP contribution is -2.33. The number of nitrogens with zero attached hydrogens (tertiary/aromatic N) is 3. The number of hydrogen-bond donors (Lipinski definition) is 3. The molecule has 0 aliphatic carbocycles. The van der Waals surface area contributed by atoms with Crippen molar-refractivity contribution in [3.05, 3.63) is 46.2 Å². The van der Waals surface area contributed by atoms with E-state index in [-0.39, 0.29) is 13.0 Å². The van der Waals surface area contributed by atoms with Gasteiger partial charge in [0, 0.05) is 23.2 Å². The van der Waals surface area contributed by atoms with Crippen LogP contribution in [0.5, 0.6) is 5.75 Å². The highest BCUT2D eigenvalue weighted by atomic mass is 35.5. The largest absolute Gasteiger partial charge is 0.490 e. The second-order valence-corrected chi connectivity index (χ2v) is 7.69. The lowest BCUT2D eigenvalue weighted by atomic mass is 10.1. The molecule has 0 fully saturated rings. The molecule has 2 unspecified atom stereocenters. The molecule has 2 atom stereocenters. The van der Waals surface area contributed by atoms with Crippen molar-refractivity contribution in [2.75, 3.05) is 6.61 Å². The number of benzene rings is 1. The van der Waals surface area contributed by atoms with E-state index in [1.165, 1.54) is 0 Å². The summed E-state index contributed by atoms with van der Waals surface area (Å²) in [5.74, 6) is 0.424. The van der Waals surface area contributed by atoms with Gasteiger partial charge in [-0.3, -0.25) is 4.79 Å². The molecule has 0 bridgehead atoms. The fourth-order valence-electron chi connectivity index (χ4n) is 3.14. The molecule has 31 heavy (non-hydrogen) atoms. The molecular formula is C21H23ClN4O5. The predicted molar refractivity (Wildman–Crippen MR) is 114 cm³/mol. The van der Waals surface area contributed by atoms with Gasteiger partial charge < -0.3 is 25.2 Å². The molecule has 164 valence electrons. The summed E-state index contributed by atoms with van der Waals surface area (Å²) in [6.45, 7) is 5.43. The number of nitrogens with two attached hydrogens (primary N) is 1. The van der Waals surface area contributed by atoms with Crippen LogP contribution in [-0.4, -0.2) is 50.1 Å². The quantitative estimate of drug-likeness (QED) is 0.447. The number of pyridine rings is 1. The second-order valence-electron chi connectivity index (χ2n) is 7.30. The van der Waals surface area contributed by atoms with Gasteiger partial charge in [0.25, 0.3) is 5.89 Å². The standard InChI is InChI=1S/C21H23ClN4O5/c1-10-4-13(5-11(2)18(10)30-9-15(27)8-16(28)19(23)29)20-25-21(31-26-20)14-6-12(3)24-17(22)7-14/h4-7,15-16,27-28H,8-9H2,1-3H3,(H2,23,29). The molecule has 10 heteroatoms. The summed E-state index contributed by atoms with van der Waals surface area (Å²) in [5, 5.41) is 23.8. The number of aryl methyl sites for hydroxylation is 3. The van der Waals surface area contributed by atoms with Crippen LogP contribution in [0.15, 0.2) is 28.8 Å². The molecule has 0 saturated heterocycles. The molecule has 0 radical (unpaired) electrons. The highest BCUT2D eigenvalue weighted by molar-refractivity contribution is 6.29. The monoisotopic (exact) mass is 446 g/mol. The molecular weight excluding hydrogens is 424 g/mol. The lowest BCUT2D eigenvalue weighted by molar-refractivity contribution is -0.127. The normalized spacial score (nSPS) is 13.1. The van der Waals surface area contributed by atoms with Crippen molar-refractivity contribution >= 4 is 17.5 Å². The first-order valence-corrected chi connectivity index (χ1v) is 9.90. The SMILES string of the molecule is Cc1cc(-c2nc(-c3cc(C)c(OCC(O)CC(O)C(N)=O)c(C)c3)no2)cc(Cl)n1. The number of primary amides is 1. The van der Waals surface area contributed by atoms with Crippen LogP contribution in [0.1, 0.15) is 23.2 Å². The van der Waals surface area contributed by atoms with Gasteiger partial charge in [0.2, 0.25) is 11.7 Å². The van der Waals surface area contributed by atoms with Crippen molar-refractivity contribution in [3.63, 3.8) is 0 Å². The van der Waals surface area contributed by atoms with E-state index in [2.05, 4.69) is 15.1 Å². The molecule has 0 aliphatic rings. The molecule has 9 nitrogen and oxygen atoms in total. The van der Waals surface area contributed by atoms with E-state index >= 15 is 0 Å². The van der Waals surface area contributed by atoms with Crippen LogP contribution in [0.25, 0.3) is 22.8 Å². The van der Waals surface area contributed by atoms with Crippen LogP contribution in [0, 0.1) is 20.8 Å². The predicted octanol–water partition coefficient (Wildman–Crippen LogP) is 2.35. The van der Waals surface area contributed by atoms with Crippen LogP contribution in [-0.2, 0) is 4.79 Å².